The van der Waals surface area contributed by atoms with Gasteiger partial charge in [-0.05, 0) is 19.9 Å². The third kappa shape index (κ3) is 3.85. The van der Waals surface area contributed by atoms with Crippen LogP contribution in [-0.2, 0) is 4.79 Å². The number of non-ortho nitro benzene ring substituents is 1. The molecule has 8 heteroatoms. The highest BCUT2D eigenvalue weighted by molar-refractivity contribution is 6.12. The van der Waals surface area contributed by atoms with Crippen LogP contribution < -0.4 is 5.56 Å². The summed E-state index contributed by atoms with van der Waals surface area (Å²) in [6.45, 7) is 4.28. The van der Waals surface area contributed by atoms with E-state index in [-0.39, 0.29) is 11.3 Å². The molecule has 0 saturated carbocycles. The standard InChI is InChI=1S/C18H19N3O5/c1-3-19(4-2)18(24)16(20-11-6-5-10-15(20)22)17(23)13-8-7-9-14(12-13)21(25)26/h5-12,16H,3-4H2,1-2H3. The van der Waals surface area contributed by atoms with E-state index in [2.05, 4.69) is 0 Å². The van der Waals surface area contributed by atoms with E-state index >= 15 is 0 Å². The van der Waals surface area contributed by atoms with Crippen molar-refractivity contribution in [3.63, 3.8) is 0 Å². The fourth-order valence-electron chi connectivity index (χ4n) is 2.65. The van der Waals surface area contributed by atoms with Crippen LogP contribution in [-0.4, -0.2) is 39.2 Å². The van der Waals surface area contributed by atoms with Gasteiger partial charge in [0.05, 0.1) is 4.92 Å². The number of hydrogen-bond acceptors (Lipinski definition) is 5. The smallest absolute Gasteiger partial charge is 0.270 e. The van der Waals surface area contributed by atoms with E-state index in [1.54, 1.807) is 19.9 Å². The Morgan fingerprint density at radius 2 is 1.85 bits per heavy atom. The lowest BCUT2D eigenvalue weighted by molar-refractivity contribution is -0.384. The number of Topliss-reactive ketones (excluding diaryl/α,β-unsaturated/α-hetero) is 1. The fraction of sp³-hybridized carbons (Fsp3) is 0.278. The molecule has 0 bridgehead atoms. The molecule has 0 aliphatic carbocycles. The molecule has 0 aliphatic rings. The van der Waals surface area contributed by atoms with Crippen molar-refractivity contribution in [2.24, 2.45) is 0 Å². The molecule has 1 aromatic heterocycles. The van der Waals surface area contributed by atoms with Gasteiger partial charge in [-0.2, -0.15) is 0 Å². The van der Waals surface area contributed by atoms with Gasteiger partial charge in [0, 0.05) is 43.0 Å². The number of pyridine rings is 1. The Hall–Kier alpha value is -3.29. The molecule has 2 aromatic rings. The van der Waals surface area contributed by atoms with Crippen molar-refractivity contribution >= 4 is 17.4 Å². The number of nitro groups is 1. The van der Waals surface area contributed by atoms with Crippen LogP contribution in [0.15, 0.2) is 53.5 Å². The van der Waals surface area contributed by atoms with Crippen molar-refractivity contribution in [2.45, 2.75) is 19.9 Å². The molecule has 0 radical (unpaired) electrons. The molecule has 1 aromatic carbocycles. The van der Waals surface area contributed by atoms with Gasteiger partial charge in [-0.25, -0.2) is 0 Å². The molecule has 26 heavy (non-hydrogen) atoms. The van der Waals surface area contributed by atoms with Crippen molar-refractivity contribution in [1.82, 2.24) is 9.47 Å². The first-order chi connectivity index (χ1) is 12.4. The molecule has 136 valence electrons. The zero-order chi connectivity index (χ0) is 19.3. The Morgan fingerprint density at radius 3 is 2.42 bits per heavy atom. The second kappa shape index (κ2) is 8.19. The number of aromatic nitrogens is 1. The van der Waals surface area contributed by atoms with E-state index in [1.165, 1.54) is 41.4 Å². The molecule has 0 saturated heterocycles. The van der Waals surface area contributed by atoms with Crippen molar-refractivity contribution in [2.75, 3.05) is 13.1 Å². The predicted molar refractivity (Wildman–Crippen MR) is 95.1 cm³/mol. The van der Waals surface area contributed by atoms with Gasteiger partial charge in [-0.1, -0.05) is 18.2 Å². The number of ketones is 1. The van der Waals surface area contributed by atoms with E-state index in [4.69, 9.17) is 0 Å². The van der Waals surface area contributed by atoms with Crippen LogP contribution in [0.4, 0.5) is 5.69 Å². The van der Waals surface area contributed by atoms with Crippen LogP contribution in [0.5, 0.6) is 0 Å². The average Bonchev–Trinajstić information content (AvgIpc) is 2.64. The molecule has 1 amide bonds. The summed E-state index contributed by atoms with van der Waals surface area (Å²) in [7, 11) is 0. The maximum Gasteiger partial charge on any atom is 0.270 e. The summed E-state index contributed by atoms with van der Waals surface area (Å²) in [6, 6.07) is 8.03. The Labute approximate surface area is 149 Å². The minimum Gasteiger partial charge on any atom is -0.341 e. The predicted octanol–water partition coefficient (Wildman–Crippen LogP) is 2.05. The van der Waals surface area contributed by atoms with Crippen molar-refractivity contribution in [3.8, 4) is 0 Å². The number of likely N-dealkylation sites (N-methyl/N-ethyl adjacent to an activating group) is 1. The number of nitrogens with zero attached hydrogens (tertiary/aromatic N) is 3. The summed E-state index contributed by atoms with van der Waals surface area (Å²) in [5, 5.41) is 11.0. The average molecular weight is 357 g/mol. The van der Waals surface area contributed by atoms with Crippen LogP contribution >= 0.6 is 0 Å². The molecular formula is C18H19N3O5. The normalized spacial score (nSPS) is 11.6. The number of rotatable bonds is 7. The molecule has 2 rings (SSSR count). The minimum absolute atomic E-state index is 0.000425. The lowest BCUT2D eigenvalue weighted by Crippen LogP contribution is -2.43. The van der Waals surface area contributed by atoms with E-state index in [0.717, 1.165) is 10.6 Å². The SMILES string of the molecule is CCN(CC)C(=O)C(C(=O)c1cccc([N+](=O)[O-])c1)n1ccccc1=O. The van der Waals surface area contributed by atoms with Crippen LogP contribution in [0.3, 0.4) is 0 Å². The molecule has 8 nitrogen and oxygen atoms in total. The first kappa shape index (κ1) is 19.0. The van der Waals surface area contributed by atoms with Gasteiger partial charge >= 0.3 is 0 Å². The Kier molecular flexibility index (Phi) is 6.00. The van der Waals surface area contributed by atoms with Crippen LogP contribution in [0.2, 0.25) is 0 Å². The van der Waals surface area contributed by atoms with Gasteiger partial charge in [0.1, 0.15) is 0 Å². The molecule has 0 aliphatic heterocycles. The highest BCUT2D eigenvalue weighted by Crippen LogP contribution is 2.20. The van der Waals surface area contributed by atoms with E-state index in [9.17, 15) is 24.5 Å². The van der Waals surface area contributed by atoms with Gasteiger partial charge < -0.3 is 4.90 Å². The molecule has 0 spiro atoms. The zero-order valence-corrected chi connectivity index (χ0v) is 14.5. The number of carbonyl (C=O) groups is 2. The van der Waals surface area contributed by atoms with Crippen LogP contribution in [0.25, 0.3) is 0 Å². The van der Waals surface area contributed by atoms with E-state index in [1.807, 2.05) is 0 Å². The summed E-state index contributed by atoms with van der Waals surface area (Å²) < 4.78 is 1.06. The van der Waals surface area contributed by atoms with Gasteiger partial charge in [-0.15, -0.1) is 0 Å². The lowest BCUT2D eigenvalue weighted by Gasteiger charge is -2.25. The molecule has 0 fully saturated rings. The lowest BCUT2D eigenvalue weighted by atomic mass is 10.0. The largest absolute Gasteiger partial charge is 0.341 e. The molecule has 0 N–H and O–H groups in total. The molecule has 1 atom stereocenters. The molecule has 1 heterocycles. The topological polar surface area (TPSA) is 103 Å². The van der Waals surface area contributed by atoms with Crippen molar-refractivity contribution in [3.05, 3.63) is 74.7 Å². The zero-order valence-electron chi connectivity index (χ0n) is 14.5. The summed E-state index contributed by atoms with van der Waals surface area (Å²) in [5.74, 6) is -1.20. The Balaban J connectivity index is 2.57. The summed E-state index contributed by atoms with van der Waals surface area (Å²) >= 11 is 0. The fourth-order valence-corrected chi connectivity index (χ4v) is 2.65. The summed E-state index contributed by atoms with van der Waals surface area (Å²) in [5.41, 5.74) is -0.762. The highest BCUT2D eigenvalue weighted by atomic mass is 16.6. The number of carbonyl (C=O) groups excluding carboxylic acids is 2. The van der Waals surface area contributed by atoms with Gasteiger partial charge in [0.15, 0.2) is 11.8 Å². The maximum absolute atomic E-state index is 13.0. The van der Waals surface area contributed by atoms with Crippen molar-refractivity contribution < 1.29 is 14.5 Å². The highest BCUT2D eigenvalue weighted by Gasteiger charge is 2.33. The second-order valence-electron chi connectivity index (χ2n) is 5.53. The van der Waals surface area contributed by atoms with E-state index in [0.29, 0.717) is 13.1 Å². The third-order valence-corrected chi connectivity index (χ3v) is 4.03. The third-order valence-electron chi connectivity index (χ3n) is 4.03. The first-order valence-electron chi connectivity index (χ1n) is 8.15. The van der Waals surface area contributed by atoms with Crippen LogP contribution in [0.1, 0.15) is 30.2 Å². The maximum atomic E-state index is 13.0. The summed E-state index contributed by atoms with van der Waals surface area (Å²) in [6.07, 6.45) is 1.36. The first-order valence-corrected chi connectivity index (χ1v) is 8.15. The molecule has 1 unspecified atom stereocenters. The number of hydrogen-bond donors (Lipinski definition) is 0. The molecular weight excluding hydrogens is 338 g/mol. The Morgan fingerprint density at radius 1 is 1.15 bits per heavy atom. The van der Waals surface area contributed by atoms with Crippen molar-refractivity contribution in [1.29, 1.82) is 0 Å². The monoisotopic (exact) mass is 357 g/mol. The quantitative estimate of drug-likeness (QED) is 0.326. The minimum atomic E-state index is -1.41. The van der Waals surface area contributed by atoms with Gasteiger partial charge in [0.25, 0.3) is 17.2 Å². The summed E-state index contributed by atoms with van der Waals surface area (Å²) in [4.78, 5) is 49.9. The van der Waals surface area contributed by atoms with Gasteiger partial charge in [0.2, 0.25) is 0 Å². The van der Waals surface area contributed by atoms with Gasteiger partial charge in [-0.3, -0.25) is 29.1 Å². The number of amides is 1. The number of benzene rings is 1. The Bertz CT molecular complexity index is 886. The second-order valence-corrected chi connectivity index (χ2v) is 5.53. The van der Waals surface area contributed by atoms with E-state index < -0.39 is 28.2 Å². The number of nitro benzene ring substituents is 1. The van der Waals surface area contributed by atoms with Crippen LogP contribution in [0, 0.1) is 10.1 Å².